The van der Waals surface area contributed by atoms with Gasteiger partial charge in [0.1, 0.15) is 17.0 Å². The van der Waals surface area contributed by atoms with Gasteiger partial charge in [0.15, 0.2) is 0 Å². The Kier molecular flexibility index (Phi) is 8.23. The average Bonchev–Trinajstić information content (AvgIpc) is 3.19. The van der Waals surface area contributed by atoms with Crippen molar-refractivity contribution in [2.75, 3.05) is 5.32 Å². The number of amides is 1. The number of aromatic carboxylic acids is 1. The van der Waals surface area contributed by atoms with Gasteiger partial charge >= 0.3 is 5.97 Å². The van der Waals surface area contributed by atoms with Crippen molar-refractivity contribution in [3.05, 3.63) is 99.0 Å². The van der Waals surface area contributed by atoms with Crippen molar-refractivity contribution in [1.29, 1.82) is 5.26 Å². The lowest BCUT2D eigenvalue weighted by atomic mass is 9.62. The second-order valence-corrected chi connectivity index (χ2v) is 11.9. The molecule has 2 unspecified atom stereocenters. The minimum absolute atomic E-state index is 0.0197. The number of benzene rings is 3. The molecule has 0 aromatic heterocycles. The first kappa shape index (κ1) is 29.5. The smallest absolute Gasteiger partial charge is 0.335 e. The lowest BCUT2D eigenvalue weighted by Gasteiger charge is -2.37. The maximum atomic E-state index is 15.7. The van der Waals surface area contributed by atoms with Crippen molar-refractivity contribution in [2.24, 2.45) is 5.41 Å². The van der Waals surface area contributed by atoms with Crippen LogP contribution in [0.5, 0.6) is 0 Å². The summed E-state index contributed by atoms with van der Waals surface area (Å²) in [5.41, 5.74) is -1.84. The Bertz CT molecular complexity index is 1500. The van der Waals surface area contributed by atoms with Crippen LogP contribution in [-0.4, -0.2) is 29.1 Å². The van der Waals surface area contributed by atoms with Crippen LogP contribution in [0.15, 0.2) is 60.7 Å². The predicted octanol–water partition coefficient (Wildman–Crippen LogP) is 6.93. The standard InChI is InChI=1S/C30H27Cl2F2N3O3/c1-29(2,3)14-23-30(15-35,20-12-9-17(31)13-22(20)33)24(19-5-4-6-21(32)25(19)34)26(37-23)27(38)36-18-10-7-16(8-11-18)28(39)40/h4-13,23-24,26,37H,14H2,1-3H3,(H,36,38)(H,39,40)/t23-,24-,26?,30?/m1/s1. The highest BCUT2D eigenvalue weighted by Gasteiger charge is 2.61. The molecule has 4 atom stereocenters. The van der Waals surface area contributed by atoms with Crippen LogP contribution in [-0.2, 0) is 10.2 Å². The predicted molar refractivity (Wildman–Crippen MR) is 150 cm³/mol. The number of hydrogen-bond donors (Lipinski definition) is 3. The van der Waals surface area contributed by atoms with E-state index in [1.165, 1.54) is 54.6 Å². The first-order valence-electron chi connectivity index (χ1n) is 12.5. The number of carboxylic acid groups (broad SMARTS) is 1. The van der Waals surface area contributed by atoms with Gasteiger partial charge in [-0.25, -0.2) is 13.6 Å². The zero-order valence-corrected chi connectivity index (χ0v) is 23.4. The third kappa shape index (κ3) is 5.55. The summed E-state index contributed by atoms with van der Waals surface area (Å²) < 4.78 is 31.3. The minimum atomic E-state index is -1.75. The number of rotatable bonds is 6. The highest BCUT2D eigenvalue weighted by molar-refractivity contribution is 6.31. The largest absolute Gasteiger partial charge is 0.478 e. The van der Waals surface area contributed by atoms with E-state index in [4.69, 9.17) is 23.2 Å². The van der Waals surface area contributed by atoms with Crippen molar-refractivity contribution in [3.8, 4) is 6.07 Å². The SMILES string of the molecule is CC(C)(C)C[C@H]1NC(C(=O)Nc2ccc(C(=O)O)cc2)[C@@H](c2cccc(Cl)c2F)C1(C#N)c1ccc(Cl)cc1F. The van der Waals surface area contributed by atoms with Gasteiger partial charge in [0, 0.05) is 28.2 Å². The van der Waals surface area contributed by atoms with E-state index in [0.717, 1.165) is 6.07 Å². The highest BCUT2D eigenvalue weighted by Crippen LogP contribution is 2.52. The zero-order valence-electron chi connectivity index (χ0n) is 21.9. The summed E-state index contributed by atoms with van der Waals surface area (Å²) in [4.78, 5) is 25.1. The molecular formula is C30H27Cl2F2N3O3. The van der Waals surface area contributed by atoms with Crippen molar-refractivity contribution in [2.45, 2.75) is 50.6 Å². The third-order valence-electron chi connectivity index (χ3n) is 7.13. The van der Waals surface area contributed by atoms with Gasteiger partial charge in [-0.2, -0.15) is 5.26 Å². The van der Waals surface area contributed by atoms with Crippen molar-refractivity contribution in [1.82, 2.24) is 5.32 Å². The Morgan fingerprint density at radius 1 is 1.10 bits per heavy atom. The van der Waals surface area contributed by atoms with Crippen LogP contribution >= 0.6 is 23.2 Å². The topological polar surface area (TPSA) is 102 Å². The molecule has 1 fully saturated rings. The molecule has 3 aromatic carbocycles. The quantitative estimate of drug-likeness (QED) is 0.291. The summed E-state index contributed by atoms with van der Waals surface area (Å²) >= 11 is 12.2. The van der Waals surface area contributed by atoms with E-state index >= 15 is 8.78 Å². The van der Waals surface area contributed by atoms with Crippen molar-refractivity contribution < 1.29 is 23.5 Å². The summed E-state index contributed by atoms with van der Waals surface area (Å²) in [5, 5.41) is 25.9. The molecule has 1 saturated heterocycles. The van der Waals surface area contributed by atoms with Crippen molar-refractivity contribution >= 4 is 40.8 Å². The molecule has 0 radical (unpaired) electrons. The summed E-state index contributed by atoms with van der Waals surface area (Å²) in [5.74, 6) is -4.52. The van der Waals surface area contributed by atoms with Gasteiger partial charge < -0.3 is 15.7 Å². The molecule has 1 amide bonds. The minimum Gasteiger partial charge on any atom is -0.478 e. The Morgan fingerprint density at radius 2 is 1.77 bits per heavy atom. The van der Waals surface area contributed by atoms with Crippen molar-refractivity contribution in [3.63, 3.8) is 0 Å². The van der Waals surface area contributed by atoms with Gasteiger partial charge in [0.25, 0.3) is 0 Å². The summed E-state index contributed by atoms with van der Waals surface area (Å²) in [6.45, 7) is 5.84. The second kappa shape index (κ2) is 11.2. The fraction of sp³-hybridized carbons (Fsp3) is 0.300. The summed E-state index contributed by atoms with van der Waals surface area (Å²) in [6.07, 6.45) is 0.332. The van der Waals surface area contributed by atoms with Crippen LogP contribution in [0.25, 0.3) is 0 Å². The second-order valence-electron chi connectivity index (χ2n) is 11.1. The van der Waals surface area contributed by atoms with Crippen LogP contribution in [0.3, 0.4) is 0 Å². The number of nitrogens with one attached hydrogen (secondary N) is 2. The molecule has 10 heteroatoms. The lowest BCUT2D eigenvalue weighted by molar-refractivity contribution is -0.118. The monoisotopic (exact) mass is 585 g/mol. The fourth-order valence-corrected chi connectivity index (χ4v) is 5.81. The normalized spacial score (nSPS) is 22.5. The van der Waals surface area contributed by atoms with E-state index < -0.39 is 46.9 Å². The third-order valence-corrected chi connectivity index (χ3v) is 7.66. The Labute approximate surface area is 240 Å². The molecular weight excluding hydrogens is 559 g/mol. The van der Waals surface area contributed by atoms with Gasteiger partial charge in [0.2, 0.25) is 5.91 Å². The number of anilines is 1. The molecule has 1 aliphatic heterocycles. The van der Waals surface area contributed by atoms with E-state index in [0.29, 0.717) is 12.1 Å². The maximum Gasteiger partial charge on any atom is 0.335 e. The van der Waals surface area contributed by atoms with Gasteiger partial charge in [-0.3, -0.25) is 4.79 Å². The molecule has 6 nitrogen and oxygen atoms in total. The van der Waals surface area contributed by atoms with E-state index in [-0.39, 0.29) is 32.2 Å². The molecule has 40 heavy (non-hydrogen) atoms. The molecule has 4 rings (SSSR count). The summed E-state index contributed by atoms with van der Waals surface area (Å²) in [7, 11) is 0. The van der Waals surface area contributed by atoms with E-state index in [1.54, 1.807) is 0 Å². The molecule has 208 valence electrons. The number of halogens is 4. The average molecular weight is 586 g/mol. The molecule has 0 saturated carbocycles. The van der Waals surface area contributed by atoms with E-state index in [1.807, 2.05) is 20.8 Å². The van der Waals surface area contributed by atoms with Gasteiger partial charge in [-0.1, -0.05) is 62.2 Å². The molecule has 1 heterocycles. The Balaban J connectivity index is 1.92. The maximum absolute atomic E-state index is 15.7. The molecule has 0 aliphatic carbocycles. The Hall–Kier alpha value is -3.51. The first-order chi connectivity index (χ1) is 18.8. The van der Waals surface area contributed by atoms with Gasteiger partial charge in [-0.15, -0.1) is 0 Å². The number of nitriles is 1. The number of nitrogens with zero attached hydrogens (tertiary/aromatic N) is 1. The van der Waals surface area contributed by atoms with Crippen LogP contribution < -0.4 is 10.6 Å². The zero-order chi connectivity index (χ0) is 29.4. The fourth-order valence-electron chi connectivity index (χ4n) is 5.47. The number of carboxylic acids is 1. The highest BCUT2D eigenvalue weighted by atomic mass is 35.5. The van der Waals surface area contributed by atoms with Gasteiger partial charge in [0.05, 0.1) is 22.7 Å². The molecule has 3 N–H and O–H groups in total. The summed E-state index contributed by atoms with van der Waals surface area (Å²) in [6, 6.07) is 14.1. The van der Waals surface area contributed by atoms with Crippen LogP contribution in [0, 0.1) is 28.4 Å². The van der Waals surface area contributed by atoms with Gasteiger partial charge in [-0.05, 0) is 59.9 Å². The lowest BCUT2D eigenvalue weighted by Crippen LogP contribution is -2.45. The Morgan fingerprint density at radius 3 is 2.35 bits per heavy atom. The first-order valence-corrected chi connectivity index (χ1v) is 13.2. The molecule has 0 bridgehead atoms. The van der Waals surface area contributed by atoms with E-state index in [9.17, 15) is 20.0 Å². The molecule has 3 aromatic rings. The van der Waals surface area contributed by atoms with Crippen LogP contribution in [0.1, 0.15) is 54.6 Å². The number of carbonyl (C=O) groups excluding carboxylic acids is 1. The van der Waals surface area contributed by atoms with Crippen LogP contribution in [0.4, 0.5) is 14.5 Å². The number of hydrogen-bond acceptors (Lipinski definition) is 4. The van der Waals surface area contributed by atoms with E-state index in [2.05, 4.69) is 16.7 Å². The molecule has 0 spiro atoms. The van der Waals surface area contributed by atoms with Crippen LogP contribution in [0.2, 0.25) is 10.0 Å². The molecule has 1 aliphatic rings. The number of carbonyl (C=O) groups is 2.